The lowest BCUT2D eigenvalue weighted by atomic mass is 10.1. The predicted octanol–water partition coefficient (Wildman–Crippen LogP) is 2.12. The number of benzene rings is 1. The highest BCUT2D eigenvalue weighted by Crippen LogP contribution is 2.21. The Hall–Kier alpha value is -1.75. The molecular formula is C9H6N3OS-. The van der Waals surface area contributed by atoms with E-state index in [9.17, 15) is 5.21 Å². The first-order valence-electron chi connectivity index (χ1n) is 3.95. The second-order valence-electron chi connectivity index (χ2n) is 2.59. The molecule has 0 amide bonds. The number of nitrogens with zero attached hydrogens (tertiary/aromatic N) is 3. The van der Waals surface area contributed by atoms with Crippen LogP contribution in [0.15, 0.2) is 35.5 Å². The van der Waals surface area contributed by atoms with Crippen molar-refractivity contribution in [3.05, 3.63) is 40.4 Å². The van der Waals surface area contributed by atoms with Crippen LogP contribution in [-0.2, 0) is 0 Å². The molecule has 0 aliphatic rings. The highest BCUT2D eigenvalue weighted by Gasteiger charge is 2.06. The summed E-state index contributed by atoms with van der Waals surface area (Å²) >= 11 is 1.16. The molecule has 1 heterocycles. The average molecular weight is 204 g/mol. The molecule has 1 aromatic heterocycles. The molecule has 0 atom stereocenters. The van der Waals surface area contributed by atoms with Crippen LogP contribution >= 0.6 is 11.5 Å². The van der Waals surface area contributed by atoms with Crippen molar-refractivity contribution in [1.82, 2.24) is 9.59 Å². The van der Waals surface area contributed by atoms with Gasteiger partial charge in [-0.25, -0.2) is 0 Å². The summed E-state index contributed by atoms with van der Waals surface area (Å²) < 4.78 is 3.78. The molecule has 0 bridgehead atoms. The summed E-state index contributed by atoms with van der Waals surface area (Å²) in [5.41, 5.74) is 1.64. The zero-order valence-corrected chi connectivity index (χ0v) is 7.94. The van der Waals surface area contributed by atoms with E-state index in [0.717, 1.165) is 17.1 Å². The smallest absolute Gasteiger partial charge is 0.114 e. The lowest BCUT2D eigenvalue weighted by Crippen LogP contribution is -1.83. The third-order valence-electron chi connectivity index (χ3n) is 1.73. The Morgan fingerprint density at radius 3 is 2.79 bits per heavy atom. The molecule has 0 radical (unpaired) electrons. The van der Waals surface area contributed by atoms with E-state index in [0.29, 0.717) is 10.6 Å². The van der Waals surface area contributed by atoms with Crippen LogP contribution in [0.3, 0.4) is 0 Å². The van der Waals surface area contributed by atoms with E-state index in [1.165, 1.54) is 6.21 Å². The third kappa shape index (κ3) is 1.62. The molecule has 2 rings (SSSR count). The van der Waals surface area contributed by atoms with Crippen molar-refractivity contribution in [2.75, 3.05) is 0 Å². The Bertz CT molecular complexity index is 438. The Kier molecular flexibility index (Phi) is 2.51. The summed E-state index contributed by atoms with van der Waals surface area (Å²) in [5, 5.41) is 16.8. The van der Waals surface area contributed by atoms with E-state index in [-0.39, 0.29) is 0 Å². The Labute approximate surface area is 84.7 Å². The maximum Gasteiger partial charge on any atom is 0.114 e. The van der Waals surface area contributed by atoms with Crippen LogP contribution in [0.25, 0.3) is 11.3 Å². The van der Waals surface area contributed by atoms with Crippen LogP contribution in [0.5, 0.6) is 0 Å². The van der Waals surface area contributed by atoms with Crippen LogP contribution in [0.2, 0.25) is 0 Å². The van der Waals surface area contributed by atoms with Crippen molar-refractivity contribution in [2.45, 2.75) is 0 Å². The summed E-state index contributed by atoms with van der Waals surface area (Å²) in [5.74, 6) is 0. The van der Waals surface area contributed by atoms with Gasteiger partial charge in [0.05, 0.1) is 4.88 Å². The standard InChI is InChI=1S/C9H7N3OS/c13-10-6-8-9(11-12-14-8)7-4-2-1-3-5-7/h1-6,13H/p-1/b10-6+. The minimum Gasteiger partial charge on any atom is -0.792 e. The fraction of sp³-hybridized carbons (Fsp3) is 0. The molecule has 0 spiro atoms. The van der Waals surface area contributed by atoms with Crippen molar-refractivity contribution in [3.63, 3.8) is 0 Å². The van der Waals surface area contributed by atoms with Gasteiger partial charge in [-0.1, -0.05) is 34.8 Å². The molecule has 5 heteroatoms. The van der Waals surface area contributed by atoms with Crippen molar-refractivity contribution in [1.29, 1.82) is 0 Å². The molecule has 4 nitrogen and oxygen atoms in total. The molecule has 14 heavy (non-hydrogen) atoms. The van der Waals surface area contributed by atoms with Crippen molar-refractivity contribution >= 4 is 17.7 Å². The molecule has 0 unspecified atom stereocenters. The summed E-state index contributed by atoms with van der Waals surface area (Å²) in [6.07, 6.45) is 1.23. The van der Waals surface area contributed by atoms with Gasteiger partial charge in [0.1, 0.15) is 5.69 Å². The van der Waals surface area contributed by atoms with Crippen LogP contribution in [0, 0.1) is 5.21 Å². The lowest BCUT2D eigenvalue weighted by molar-refractivity contribution is 1.16. The molecule has 70 valence electrons. The zero-order chi connectivity index (χ0) is 9.80. The molecule has 0 aliphatic heterocycles. The number of rotatable bonds is 2. The van der Waals surface area contributed by atoms with Crippen LogP contribution < -0.4 is 0 Å². The number of aromatic nitrogens is 2. The van der Waals surface area contributed by atoms with E-state index in [4.69, 9.17) is 0 Å². The second-order valence-corrected chi connectivity index (χ2v) is 3.37. The summed E-state index contributed by atoms with van der Waals surface area (Å²) in [6, 6.07) is 9.57. The van der Waals surface area contributed by atoms with Gasteiger partial charge >= 0.3 is 0 Å². The normalized spacial score (nSPS) is 10.9. The maximum atomic E-state index is 10.1. The van der Waals surface area contributed by atoms with Gasteiger partial charge in [0.25, 0.3) is 0 Å². The van der Waals surface area contributed by atoms with Crippen molar-refractivity contribution < 1.29 is 0 Å². The monoisotopic (exact) mass is 204 g/mol. The van der Waals surface area contributed by atoms with E-state index in [1.807, 2.05) is 30.3 Å². The molecule has 0 aliphatic carbocycles. The quantitative estimate of drug-likeness (QED) is 0.556. The zero-order valence-electron chi connectivity index (χ0n) is 7.12. The van der Waals surface area contributed by atoms with E-state index < -0.39 is 0 Å². The second kappa shape index (κ2) is 3.97. The Morgan fingerprint density at radius 1 is 1.29 bits per heavy atom. The van der Waals surface area contributed by atoms with Gasteiger partial charge in [-0.15, -0.1) is 5.10 Å². The molecule has 0 N–H and O–H groups in total. The van der Waals surface area contributed by atoms with Gasteiger partial charge < -0.3 is 10.4 Å². The summed E-state index contributed by atoms with van der Waals surface area (Å²) in [6.45, 7) is 0. The highest BCUT2D eigenvalue weighted by atomic mass is 32.1. The molecular weight excluding hydrogens is 198 g/mol. The molecule has 0 fully saturated rings. The minimum atomic E-state index is 0.686. The maximum absolute atomic E-state index is 10.1. The van der Waals surface area contributed by atoms with Gasteiger partial charge in [0.15, 0.2) is 0 Å². The van der Waals surface area contributed by atoms with Gasteiger partial charge in [0.2, 0.25) is 0 Å². The van der Waals surface area contributed by atoms with E-state index in [1.54, 1.807) is 0 Å². The molecule has 1 aromatic carbocycles. The first-order valence-corrected chi connectivity index (χ1v) is 4.72. The number of hydrogen-bond donors (Lipinski definition) is 0. The minimum absolute atomic E-state index is 0.686. The molecule has 0 saturated carbocycles. The SMILES string of the molecule is [O-]/N=C/c1snnc1-c1ccccc1. The van der Waals surface area contributed by atoms with Crippen LogP contribution in [0.4, 0.5) is 0 Å². The molecule has 2 aromatic rings. The van der Waals surface area contributed by atoms with Gasteiger partial charge in [-0.3, -0.25) is 0 Å². The van der Waals surface area contributed by atoms with Gasteiger partial charge in [-0.2, -0.15) is 0 Å². The third-order valence-corrected chi connectivity index (χ3v) is 2.39. The summed E-state index contributed by atoms with van der Waals surface area (Å²) in [7, 11) is 0. The van der Waals surface area contributed by atoms with Crippen LogP contribution in [-0.4, -0.2) is 15.8 Å². The lowest BCUT2D eigenvalue weighted by Gasteiger charge is -1.96. The largest absolute Gasteiger partial charge is 0.792 e. The topological polar surface area (TPSA) is 61.2 Å². The highest BCUT2D eigenvalue weighted by molar-refractivity contribution is 7.08. The van der Waals surface area contributed by atoms with Crippen molar-refractivity contribution in [2.24, 2.45) is 5.16 Å². The Morgan fingerprint density at radius 2 is 2.07 bits per heavy atom. The predicted molar refractivity (Wildman–Crippen MR) is 56.3 cm³/mol. The van der Waals surface area contributed by atoms with Crippen molar-refractivity contribution in [3.8, 4) is 11.3 Å². The average Bonchev–Trinajstić information content (AvgIpc) is 2.68. The summed E-state index contributed by atoms with van der Waals surface area (Å²) in [4.78, 5) is 0.686. The fourth-order valence-electron chi connectivity index (χ4n) is 1.13. The fourth-order valence-corrected chi connectivity index (χ4v) is 1.67. The number of hydrogen-bond acceptors (Lipinski definition) is 5. The van der Waals surface area contributed by atoms with Crippen LogP contribution in [0.1, 0.15) is 4.88 Å². The van der Waals surface area contributed by atoms with Gasteiger partial charge in [-0.05, 0) is 11.5 Å². The first kappa shape index (κ1) is 8.83. The van der Waals surface area contributed by atoms with E-state index in [2.05, 4.69) is 14.7 Å². The van der Waals surface area contributed by atoms with E-state index >= 15 is 0 Å². The molecule has 0 saturated heterocycles. The first-order chi connectivity index (χ1) is 6.92. The van der Waals surface area contributed by atoms with Gasteiger partial charge in [0, 0.05) is 11.8 Å². The Balaban J connectivity index is 2.47.